The molecule has 0 bridgehead atoms. The zero-order chi connectivity index (χ0) is 48.2. The van der Waals surface area contributed by atoms with Crippen molar-refractivity contribution in [1.29, 1.82) is 0 Å². The molecule has 1 aliphatic rings. The molecule has 0 amide bonds. The molecule has 2 heterocycles. The predicted molar refractivity (Wildman–Crippen MR) is 307 cm³/mol. The number of aliphatic imine (C=N–C) groups is 2. The van der Waals surface area contributed by atoms with E-state index in [-0.39, 0.29) is 6.17 Å². The normalized spacial score (nSPS) is 13.6. The largest absolute Gasteiger partial charge is 0.344 e. The van der Waals surface area contributed by atoms with Crippen LogP contribution in [0.1, 0.15) is 22.9 Å². The third-order valence-electron chi connectivity index (χ3n) is 14.6. The van der Waals surface area contributed by atoms with Gasteiger partial charge >= 0.3 is 0 Å². The van der Waals surface area contributed by atoms with E-state index in [1.165, 1.54) is 87.5 Å². The van der Waals surface area contributed by atoms with Crippen molar-refractivity contribution in [3.63, 3.8) is 0 Å². The first-order valence-corrected chi connectivity index (χ1v) is 25.0. The minimum Gasteiger partial charge on any atom is -0.344 e. The number of nitrogens with one attached hydrogen (secondary N) is 1. The van der Waals surface area contributed by atoms with Gasteiger partial charge < -0.3 is 9.88 Å². The molecule has 13 aromatic rings. The molecule has 12 aromatic carbocycles. The summed E-state index contributed by atoms with van der Waals surface area (Å²) in [5, 5.41) is 13.7. The van der Waals surface area contributed by atoms with Gasteiger partial charge in [-0.15, -0.1) is 0 Å². The van der Waals surface area contributed by atoms with Crippen molar-refractivity contribution in [3.05, 3.63) is 284 Å². The average molecular weight is 931 g/mol. The van der Waals surface area contributed by atoms with Crippen LogP contribution in [0.25, 0.3) is 104 Å². The summed E-state index contributed by atoms with van der Waals surface area (Å²) in [5.74, 6) is 1.52. The molecule has 0 fully saturated rings. The van der Waals surface area contributed by atoms with Crippen LogP contribution in [0, 0.1) is 0 Å². The maximum absolute atomic E-state index is 5.10. The molecule has 0 saturated carbocycles. The Hall–Kier alpha value is -9.64. The second-order valence-electron chi connectivity index (χ2n) is 19.0. The number of nitrogens with zero attached hydrogens (tertiary/aromatic N) is 3. The Morgan fingerprint density at radius 1 is 0.288 bits per heavy atom. The molecular weight excluding hydrogens is 885 g/mol. The van der Waals surface area contributed by atoms with Gasteiger partial charge in [-0.2, -0.15) is 0 Å². The lowest BCUT2D eigenvalue weighted by Crippen LogP contribution is -2.33. The quantitative estimate of drug-likeness (QED) is 0.152. The summed E-state index contributed by atoms with van der Waals surface area (Å²) >= 11 is 0. The van der Waals surface area contributed by atoms with Crippen LogP contribution in [0.4, 0.5) is 0 Å². The number of rotatable bonds is 8. The van der Waals surface area contributed by atoms with Crippen molar-refractivity contribution in [2.45, 2.75) is 6.17 Å². The summed E-state index contributed by atoms with van der Waals surface area (Å²) in [5.41, 5.74) is 16.0. The van der Waals surface area contributed by atoms with Crippen LogP contribution >= 0.6 is 0 Å². The molecule has 0 aliphatic carbocycles. The Bertz CT molecular complexity index is 4300. The number of fused-ring (bicyclic) bond motifs is 9. The lowest BCUT2D eigenvalue weighted by molar-refractivity contribution is 0.674. The Morgan fingerprint density at radius 3 is 1.37 bits per heavy atom. The van der Waals surface area contributed by atoms with Gasteiger partial charge in [-0.1, -0.05) is 218 Å². The van der Waals surface area contributed by atoms with Crippen molar-refractivity contribution in [2.75, 3.05) is 0 Å². The maximum Gasteiger partial charge on any atom is 0.159 e. The summed E-state index contributed by atoms with van der Waals surface area (Å²) in [6, 6.07) is 96.3. The van der Waals surface area contributed by atoms with Crippen LogP contribution in [-0.2, 0) is 0 Å². The molecule has 1 unspecified atom stereocenters. The summed E-state index contributed by atoms with van der Waals surface area (Å²) < 4.78 is 2.40. The van der Waals surface area contributed by atoms with Crippen LogP contribution < -0.4 is 5.32 Å². The van der Waals surface area contributed by atoms with E-state index in [1.54, 1.807) is 0 Å². The Morgan fingerprint density at radius 2 is 0.726 bits per heavy atom. The van der Waals surface area contributed by atoms with E-state index in [9.17, 15) is 0 Å². The fourth-order valence-corrected chi connectivity index (χ4v) is 11.0. The van der Waals surface area contributed by atoms with Crippen LogP contribution in [0.3, 0.4) is 0 Å². The SMILES string of the molecule is c1ccc(C2=NC(c3ccc(-c4cccc(-n5c6ccccc6c6cc(-c7cccc(-c8cccc(-c9ccc%10c%11ccccc%11c%11ccccc%11c%10c9)c8)c7)ccc65)c4)cc3)=NC(c3ccccc3)N2)cc1. The fourth-order valence-electron chi connectivity index (χ4n) is 11.0. The molecule has 14 rings (SSSR count). The van der Waals surface area contributed by atoms with Crippen molar-refractivity contribution >= 4 is 65.8 Å². The van der Waals surface area contributed by atoms with E-state index < -0.39 is 0 Å². The molecule has 1 N–H and O–H groups in total. The molecule has 1 atom stereocenters. The third-order valence-corrected chi connectivity index (χ3v) is 14.6. The molecule has 342 valence electrons. The number of aromatic nitrogens is 1. The highest BCUT2D eigenvalue weighted by Crippen LogP contribution is 2.40. The number of hydrogen-bond acceptors (Lipinski definition) is 3. The average Bonchev–Trinajstić information content (AvgIpc) is 3.81. The Kier molecular flexibility index (Phi) is 10.2. The zero-order valence-corrected chi connectivity index (χ0v) is 39.8. The molecule has 1 aromatic heterocycles. The minimum atomic E-state index is -0.248. The van der Waals surface area contributed by atoms with Gasteiger partial charge in [0.05, 0.1) is 11.0 Å². The van der Waals surface area contributed by atoms with Gasteiger partial charge in [0.25, 0.3) is 0 Å². The van der Waals surface area contributed by atoms with Gasteiger partial charge in [-0.05, 0) is 131 Å². The number of amidine groups is 2. The van der Waals surface area contributed by atoms with Gasteiger partial charge in [0, 0.05) is 27.6 Å². The van der Waals surface area contributed by atoms with E-state index in [4.69, 9.17) is 9.98 Å². The van der Waals surface area contributed by atoms with E-state index in [2.05, 4.69) is 253 Å². The first kappa shape index (κ1) is 42.3. The predicted octanol–water partition coefficient (Wildman–Crippen LogP) is 17.4. The van der Waals surface area contributed by atoms with Crippen molar-refractivity contribution in [3.8, 4) is 50.2 Å². The van der Waals surface area contributed by atoms with E-state index in [0.717, 1.165) is 39.3 Å². The lowest BCUT2D eigenvalue weighted by atomic mass is 9.91. The molecule has 0 spiro atoms. The van der Waals surface area contributed by atoms with E-state index in [1.807, 2.05) is 24.3 Å². The van der Waals surface area contributed by atoms with Gasteiger partial charge in [0.2, 0.25) is 0 Å². The number of para-hydroxylation sites is 1. The van der Waals surface area contributed by atoms with Crippen molar-refractivity contribution < 1.29 is 0 Å². The smallest absolute Gasteiger partial charge is 0.159 e. The van der Waals surface area contributed by atoms with Crippen molar-refractivity contribution in [2.24, 2.45) is 9.98 Å². The van der Waals surface area contributed by atoms with E-state index >= 15 is 0 Å². The lowest BCUT2D eigenvalue weighted by Gasteiger charge is -2.23. The van der Waals surface area contributed by atoms with Gasteiger partial charge in [-0.3, -0.25) is 0 Å². The molecule has 73 heavy (non-hydrogen) atoms. The maximum atomic E-state index is 5.10. The highest BCUT2D eigenvalue weighted by Gasteiger charge is 2.21. The number of hydrogen-bond donors (Lipinski definition) is 1. The topological polar surface area (TPSA) is 41.7 Å². The van der Waals surface area contributed by atoms with Crippen LogP contribution in [0.15, 0.2) is 277 Å². The summed E-state index contributed by atoms with van der Waals surface area (Å²) in [7, 11) is 0. The first-order valence-electron chi connectivity index (χ1n) is 25.0. The second-order valence-corrected chi connectivity index (χ2v) is 19.0. The molecular formula is C69H46N4. The molecule has 0 radical (unpaired) electrons. The highest BCUT2D eigenvalue weighted by atomic mass is 15.2. The number of benzene rings is 12. The van der Waals surface area contributed by atoms with E-state index in [0.29, 0.717) is 5.84 Å². The summed E-state index contributed by atoms with van der Waals surface area (Å²) in [4.78, 5) is 10.1. The highest BCUT2D eigenvalue weighted by molar-refractivity contribution is 6.26. The fraction of sp³-hybridized carbons (Fsp3) is 0.0145. The van der Waals surface area contributed by atoms with Crippen LogP contribution in [0.2, 0.25) is 0 Å². The Balaban J connectivity index is 0.778. The zero-order valence-electron chi connectivity index (χ0n) is 39.8. The van der Waals surface area contributed by atoms with Gasteiger partial charge in [-0.25, -0.2) is 9.98 Å². The summed E-state index contributed by atoms with van der Waals surface area (Å²) in [6.45, 7) is 0. The van der Waals surface area contributed by atoms with Crippen LogP contribution in [-0.4, -0.2) is 16.2 Å². The second kappa shape index (κ2) is 17.6. The molecule has 1 aliphatic heterocycles. The van der Waals surface area contributed by atoms with Gasteiger partial charge in [0.15, 0.2) is 5.84 Å². The van der Waals surface area contributed by atoms with Crippen LogP contribution in [0.5, 0.6) is 0 Å². The third kappa shape index (κ3) is 7.56. The van der Waals surface area contributed by atoms with Crippen molar-refractivity contribution in [1.82, 2.24) is 9.88 Å². The molecule has 4 heteroatoms. The molecule has 4 nitrogen and oxygen atoms in total. The monoisotopic (exact) mass is 930 g/mol. The van der Waals surface area contributed by atoms with Gasteiger partial charge in [0.1, 0.15) is 12.0 Å². The summed E-state index contributed by atoms with van der Waals surface area (Å²) in [6.07, 6.45) is -0.248. The standard InChI is InChI=1S/C69H46N4/c1-3-16-46(17-4-1)67-70-68(47-18-5-2-6-19-47)72-69(71-67)48-34-32-45(33-35-48)53-24-15-25-56(42-53)73-65-31-12-11-30-62(65)64-44-55(37-39-66(64)73)52-23-14-21-50(41-52)49-20-13-22-51(40-49)54-36-38-61-59-28-8-7-26-57(59)58-27-9-10-29-60(58)63(61)43-54/h1-44,67H,(H,70,71,72). The minimum absolute atomic E-state index is 0.248. The molecule has 0 saturated heterocycles. The Labute approximate surface area is 423 Å². The first-order chi connectivity index (χ1) is 36.2.